The van der Waals surface area contributed by atoms with Crippen molar-refractivity contribution in [2.45, 2.75) is 25.7 Å². The second-order valence-corrected chi connectivity index (χ2v) is 8.01. The van der Waals surface area contributed by atoms with Crippen molar-refractivity contribution >= 4 is 22.5 Å². The first kappa shape index (κ1) is 17.9. The Morgan fingerprint density at radius 3 is 2.55 bits per heavy atom. The number of carbonyl (C=O) groups excluding carboxylic acids is 2. The molecule has 5 rings (SSSR count). The molecule has 1 amide bonds. The van der Waals surface area contributed by atoms with Crippen LogP contribution in [0.25, 0.3) is 10.8 Å². The van der Waals surface area contributed by atoms with Crippen LogP contribution < -0.4 is 4.73 Å². The molecule has 0 radical (unpaired) electrons. The summed E-state index contributed by atoms with van der Waals surface area (Å²) < 4.78 is 0.662. The first-order chi connectivity index (χ1) is 14.1. The Kier molecular flexibility index (Phi) is 4.31. The van der Waals surface area contributed by atoms with Crippen LogP contribution in [0.15, 0.2) is 54.9 Å². The SMILES string of the molecule is O=C(c1ccc2c3c(cccc13)CC2)[C@H]1CCCN(C(=O)c2cc[n+]([O-])cc2)C1. The normalized spacial score (nSPS) is 18.2. The second kappa shape index (κ2) is 6.99. The van der Waals surface area contributed by atoms with Crippen LogP contribution in [0.2, 0.25) is 0 Å². The molecule has 1 atom stereocenters. The van der Waals surface area contributed by atoms with Gasteiger partial charge in [0.05, 0.1) is 5.56 Å². The highest BCUT2D eigenvalue weighted by molar-refractivity contribution is 6.11. The topological polar surface area (TPSA) is 64.3 Å². The minimum Gasteiger partial charge on any atom is -0.619 e. The van der Waals surface area contributed by atoms with Gasteiger partial charge in [-0.15, -0.1) is 0 Å². The number of rotatable bonds is 3. The predicted molar refractivity (Wildman–Crippen MR) is 110 cm³/mol. The fourth-order valence-corrected chi connectivity index (χ4v) is 4.80. The summed E-state index contributed by atoms with van der Waals surface area (Å²) in [5.41, 5.74) is 3.91. The first-order valence-electron chi connectivity index (χ1n) is 10.2. The van der Waals surface area contributed by atoms with E-state index in [0.29, 0.717) is 23.4 Å². The van der Waals surface area contributed by atoms with Gasteiger partial charge in [-0.25, -0.2) is 0 Å². The average molecular weight is 386 g/mol. The predicted octanol–water partition coefficient (Wildman–Crippen LogP) is 3.31. The third kappa shape index (κ3) is 3.07. The minimum absolute atomic E-state index is 0.122. The van der Waals surface area contributed by atoms with E-state index in [-0.39, 0.29) is 17.6 Å². The number of pyridine rings is 1. The Hall–Kier alpha value is -3.21. The molecular formula is C24H22N2O3. The highest BCUT2D eigenvalue weighted by Gasteiger charge is 2.31. The Balaban J connectivity index is 1.42. The maximum absolute atomic E-state index is 13.4. The number of ketones is 1. The molecule has 2 heterocycles. The Bertz CT molecular complexity index is 1110. The highest BCUT2D eigenvalue weighted by atomic mass is 16.5. The molecule has 0 N–H and O–H groups in total. The third-order valence-electron chi connectivity index (χ3n) is 6.27. The van der Waals surface area contributed by atoms with Gasteiger partial charge in [-0.05, 0) is 47.6 Å². The number of hydrogen-bond donors (Lipinski definition) is 0. The summed E-state index contributed by atoms with van der Waals surface area (Å²) in [5, 5.41) is 13.5. The van der Waals surface area contributed by atoms with Crippen LogP contribution in [0.5, 0.6) is 0 Å². The molecule has 0 bridgehead atoms. The van der Waals surface area contributed by atoms with Crippen molar-refractivity contribution in [2.75, 3.05) is 13.1 Å². The molecule has 5 heteroatoms. The molecule has 0 spiro atoms. The molecule has 1 aromatic heterocycles. The Morgan fingerprint density at radius 2 is 1.76 bits per heavy atom. The van der Waals surface area contributed by atoms with E-state index < -0.39 is 0 Å². The van der Waals surface area contributed by atoms with E-state index in [4.69, 9.17) is 0 Å². The lowest BCUT2D eigenvalue weighted by Gasteiger charge is -2.32. The molecule has 1 aliphatic heterocycles. The number of carbonyl (C=O) groups is 2. The number of Topliss-reactive ketones (excluding diaryl/α,β-unsaturated/α-hetero) is 1. The van der Waals surface area contributed by atoms with E-state index in [2.05, 4.69) is 18.2 Å². The number of nitrogens with zero attached hydrogens (tertiary/aromatic N) is 2. The van der Waals surface area contributed by atoms with Crippen molar-refractivity contribution in [3.63, 3.8) is 0 Å². The first-order valence-corrected chi connectivity index (χ1v) is 10.2. The van der Waals surface area contributed by atoms with E-state index in [9.17, 15) is 14.8 Å². The molecule has 1 saturated heterocycles. The lowest BCUT2D eigenvalue weighted by atomic mass is 9.87. The molecule has 5 nitrogen and oxygen atoms in total. The van der Waals surface area contributed by atoms with Gasteiger partial charge in [0.15, 0.2) is 18.2 Å². The maximum Gasteiger partial charge on any atom is 0.254 e. The largest absolute Gasteiger partial charge is 0.619 e. The summed E-state index contributed by atoms with van der Waals surface area (Å²) in [6, 6.07) is 13.4. The minimum atomic E-state index is -0.195. The van der Waals surface area contributed by atoms with Crippen LogP contribution >= 0.6 is 0 Å². The van der Waals surface area contributed by atoms with Crippen molar-refractivity contribution < 1.29 is 14.3 Å². The fraction of sp³-hybridized carbons (Fsp3) is 0.292. The van der Waals surface area contributed by atoms with Crippen LogP contribution in [0, 0.1) is 11.1 Å². The zero-order chi connectivity index (χ0) is 20.0. The van der Waals surface area contributed by atoms with Crippen LogP contribution in [0.4, 0.5) is 0 Å². The number of likely N-dealkylation sites (tertiary alicyclic amines) is 1. The molecule has 29 heavy (non-hydrogen) atoms. The molecule has 2 aromatic carbocycles. The number of aromatic nitrogens is 1. The lowest BCUT2D eigenvalue weighted by Crippen LogP contribution is -2.42. The van der Waals surface area contributed by atoms with Crippen molar-refractivity contribution in [1.29, 1.82) is 0 Å². The lowest BCUT2D eigenvalue weighted by molar-refractivity contribution is -0.605. The van der Waals surface area contributed by atoms with Crippen molar-refractivity contribution in [3.8, 4) is 0 Å². The zero-order valence-electron chi connectivity index (χ0n) is 16.1. The summed E-state index contributed by atoms with van der Waals surface area (Å²) in [6.45, 7) is 1.06. The Morgan fingerprint density at radius 1 is 1.00 bits per heavy atom. The summed E-state index contributed by atoms with van der Waals surface area (Å²) in [7, 11) is 0. The molecule has 1 fully saturated rings. The number of hydrogen-bond acceptors (Lipinski definition) is 3. The molecule has 3 aromatic rings. The number of piperidine rings is 1. The number of aryl methyl sites for hydroxylation is 2. The van der Waals surface area contributed by atoms with E-state index >= 15 is 0 Å². The molecule has 0 unspecified atom stereocenters. The van der Waals surface area contributed by atoms with E-state index in [1.807, 2.05) is 12.1 Å². The maximum atomic E-state index is 13.4. The fourth-order valence-electron chi connectivity index (χ4n) is 4.80. The van der Waals surface area contributed by atoms with Gasteiger partial charge in [-0.3, -0.25) is 9.59 Å². The number of amides is 1. The van der Waals surface area contributed by atoms with Crippen LogP contribution in [-0.2, 0) is 12.8 Å². The van der Waals surface area contributed by atoms with Crippen molar-refractivity contribution in [2.24, 2.45) is 5.92 Å². The van der Waals surface area contributed by atoms with Gasteiger partial charge in [-0.2, -0.15) is 4.73 Å². The Labute approximate surface area is 169 Å². The second-order valence-electron chi connectivity index (χ2n) is 8.01. The van der Waals surface area contributed by atoms with E-state index in [1.54, 1.807) is 4.90 Å². The summed E-state index contributed by atoms with van der Waals surface area (Å²) in [4.78, 5) is 28.0. The van der Waals surface area contributed by atoms with Gasteiger partial charge >= 0.3 is 0 Å². The quantitative estimate of drug-likeness (QED) is 0.394. The molecular weight excluding hydrogens is 364 g/mol. The van der Waals surface area contributed by atoms with Gasteiger partial charge in [0.2, 0.25) is 0 Å². The van der Waals surface area contributed by atoms with Crippen molar-refractivity contribution in [1.82, 2.24) is 4.90 Å². The van der Waals surface area contributed by atoms with Gasteiger partial charge in [0.25, 0.3) is 5.91 Å². The smallest absolute Gasteiger partial charge is 0.254 e. The number of benzene rings is 2. The van der Waals surface area contributed by atoms with Gasteiger partial charge in [-0.1, -0.05) is 30.3 Å². The van der Waals surface area contributed by atoms with Crippen LogP contribution in [0.3, 0.4) is 0 Å². The zero-order valence-corrected chi connectivity index (χ0v) is 16.1. The van der Waals surface area contributed by atoms with Gasteiger partial charge in [0, 0.05) is 36.7 Å². The summed E-state index contributed by atoms with van der Waals surface area (Å²) in [5.74, 6) is -0.189. The standard InChI is InChI=1S/C24H22N2O3/c27-23(21-9-8-17-7-6-16-3-1-5-20(21)22(16)17)19-4-2-12-25(15-19)24(28)18-10-13-26(29)14-11-18/h1,3,5,8-11,13-14,19H,2,4,6-7,12,15H2/t19-/m0/s1. The monoisotopic (exact) mass is 386 g/mol. The highest BCUT2D eigenvalue weighted by Crippen LogP contribution is 2.34. The summed E-state index contributed by atoms with van der Waals surface area (Å²) in [6.07, 6.45) is 6.32. The van der Waals surface area contributed by atoms with Crippen molar-refractivity contribution in [3.05, 3.63) is 82.3 Å². The molecule has 2 aliphatic rings. The molecule has 0 saturated carbocycles. The van der Waals surface area contributed by atoms with E-state index in [1.165, 1.54) is 41.0 Å². The third-order valence-corrected chi connectivity index (χ3v) is 6.27. The van der Waals surface area contributed by atoms with E-state index in [0.717, 1.165) is 36.6 Å². The summed E-state index contributed by atoms with van der Waals surface area (Å²) >= 11 is 0. The van der Waals surface area contributed by atoms with Crippen LogP contribution in [0.1, 0.15) is 44.7 Å². The average Bonchev–Trinajstić information content (AvgIpc) is 3.19. The van der Waals surface area contributed by atoms with Crippen LogP contribution in [-0.4, -0.2) is 29.7 Å². The molecule has 1 aliphatic carbocycles. The van der Waals surface area contributed by atoms with Gasteiger partial charge < -0.3 is 10.1 Å². The molecule has 146 valence electrons. The van der Waals surface area contributed by atoms with Gasteiger partial charge in [0.1, 0.15) is 0 Å².